The van der Waals surface area contributed by atoms with Crippen LogP contribution in [0, 0.1) is 0 Å². The van der Waals surface area contributed by atoms with Crippen molar-refractivity contribution in [2.45, 2.75) is 0 Å². The molecule has 4 nitrogen and oxygen atoms in total. The van der Waals surface area contributed by atoms with E-state index in [4.69, 9.17) is 11.6 Å². The Morgan fingerprint density at radius 2 is 0.667 bits per heavy atom. The van der Waals surface area contributed by atoms with Crippen molar-refractivity contribution in [3.8, 4) is 44.5 Å². The van der Waals surface area contributed by atoms with Crippen molar-refractivity contribution in [3.63, 3.8) is 0 Å². The number of aromatic nitrogens is 2. The summed E-state index contributed by atoms with van der Waals surface area (Å²) >= 11 is 6.80. The topological polar surface area (TPSA) is 49.8 Å². The summed E-state index contributed by atoms with van der Waals surface area (Å²) in [5.41, 5.74) is 11.9. The van der Waals surface area contributed by atoms with Gasteiger partial charge in [-0.3, -0.25) is 9.97 Å². The fourth-order valence-corrected chi connectivity index (χ4v) is 5.79. The molecule has 0 radical (unpaired) electrons. The van der Waals surface area contributed by atoms with Crippen molar-refractivity contribution in [1.82, 2.24) is 9.97 Å². The van der Waals surface area contributed by atoms with Gasteiger partial charge in [0.05, 0.1) is 11.4 Å². The van der Waals surface area contributed by atoms with Crippen LogP contribution in [0.5, 0.6) is 0 Å². The summed E-state index contributed by atoms with van der Waals surface area (Å²) in [4.78, 5) is 9.25. The predicted octanol–water partition coefficient (Wildman–Crippen LogP) is 11.3. The number of rotatable bonds is 8. The zero-order valence-corrected chi connectivity index (χ0v) is 25.1. The molecule has 2 heterocycles. The van der Waals surface area contributed by atoms with Crippen molar-refractivity contribution < 1.29 is 0 Å². The Balaban J connectivity index is 1.33. The van der Waals surface area contributed by atoms with E-state index in [2.05, 4.69) is 75.2 Å². The van der Waals surface area contributed by atoms with Crippen LogP contribution in [0.25, 0.3) is 44.5 Å². The Kier molecular flexibility index (Phi) is 8.04. The van der Waals surface area contributed by atoms with Crippen LogP contribution in [0.4, 0.5) is 22.7 Å². The van der Waals surface area contributed by atoms with Gasteiger partial charge in [0.2, 0.25) is 0 Å². The molecule has 0 aliphatic carbocycles. The van der Waals surface area contributed by atoms with Gasteiger partial charge in [0, 0.05) is 63.4 Å². The van der Waals surface area contributed by atoms with Crippen LogP contribution in [-0.4, -0.2) is 9.97 Å². The first kappa shape index (κ1) is 28.1. The lowest BCUT2D eigenvalue weighted by Crippen LogP contribution is -2.01. The number of halogens is 1. The van der Waals surface area contributed by atoms with Crippen molar-refractivity contribution in [2.24, 2.45) is 0 Å². The maximum Gasteiger partial charge on any atom is 0.0574 e. The van der Waals surface area contributed by atoms with Gasteiger partial charge in [-0.25, -0.2) is 0 Å². The lowest BCUT2D eigenvalue weighted by atomic mass is 9.98. The molecule has 2 aromatic heterocycles. The fourth-order valence-electron chi connectivity index (χ4n) is 5.56. The third-order valence-electron chi connectivity index (χ3n) is 7.67. The monoisotopic (exact) mass is 600 g/mol. The van der Waals surface area contributed by atoms with Gasteiger partial charge in [0.1, 0.15) is 0 Å². The molecule has 0 amide bonds. The van der Waals surface area contributed by atoms with E-state index < -0.39 is 0 Å². The minimum atomic E-state index is 0.607. The third-order valence-corrected chi connectivity index (χ3v) is 7.89. The van der Waals surface area contributed by atoms with Crippen LogP contribution in [-0.2, 0) is 0 Å². The van der Waals surface area contributed by atoms with E-state index in [1.165, 1.54) is 0 Å². The van der Waals surface area contributed by atoms with Crippen molar-refractivity contribution in [1.29, 1.82) is 0 Å². The van der Waals surface area contributed by atoms with Gasteiger partial charge in [-0.15, -0.1) is 0 Å². The van der Waals surface area contributed by atoms with Crippen molar-refractivity contribution in [3.05, 3.63) is 169 Å². The Hall–Kier alpha value is -5.71. The summed E-state index contributed by atoms with van der Waals surface area (Å²) in [5, 5.41) is 8.05. The second kappa shape index (κ2) is 12.9. The quantitative estimate of drug-likeness (QED) is 0.182. The first-order valence-electron chi connectivity index (χ1n) is 14.8. The minimum Gasteiger partial charge on any atom is -0.354 e. The molecule has 45 heavy (non-hydrogen) atoms. The second-order valence-electron chi connectivity index (χ2n) is 10.7. The van der Waals surface area contributed by atoms with Gasteiger partial charge in [-0.1, -0.05) is 133 Å². The Morgan fingerprint density at radius 1 is 0.378 bits per heavy atom. The van der Waals surface area contributed by atoms with E-state index >= 15 is 0 Å². The number of benzene rings is 5. The van der Waals surface area contributed by atoms with E-state index in [1.807, 2.05) is 110 Å². The number of hydrogen-bond acceptors (Lipinski definition) is 4. The number of hydrogen-bond donors (Lipinski definition) is 2. The molecular weight excluding hydrogens is 572 g/mol. The SMILES string of the molecule is Clc1cc(Nc2c(-c3ccccc3)cncc2-c2ccccc2)cc(Nc2c(-c3ccccc3)cncc2-c2ccccc2)c1. The largest absolute Gasteiger partial charge is 0.354 e. The van der Waals surface area contributed by atoms with Gasteiger partial charge in [0.15, 0.2) is 0 Å². The number of anilines is 4. The normalized spacial score (nSPS) is 10.8. The van der Waals surface area contributed by atoms with E-state index in [0.717, 1.165) is 67.3 Å². The summed E-state index contributed by atoms with van der Waals surface area (Å²) in [6.45, 7) is 0. The highest BCUT2D eigenvalue weighted by molar-refractivity contribution is 6.31. The van der Waals surface area contributed by atoms with Crippen molar-refractivity contribution >= 4 is 34.4 Å². The lowest BCUT2D eigenvalue weighted by Gasteiger charge is -2.20. The molecule has 0 saturated heterocycles. The van der Waals surface area contributed by atoms with Gasteiger partial charge in [-0.2, -0.15) is 0 Å². The summed E-state index contributed by atoms with van der Waals surface area (Å²) in [6, 6.07) is 47.2. The summed E-state index contributed by atoms with van der Waals surface area (Å²) in [7, 11) is 0. The van der Waals surface area contributed by atoms with Gasteiger partial charge >= 0.3 is 0 Å². The molecule has 0 aliphatic rings. The lowest BCUT2D eigenvalue weighted by molar-refractivity contribution is 1.32. The zero-order chi connectivity index (χ0) is 30.4. The number of nitrogens with zero attached hydrogens (tertiary/aromatic N) is 2. The number of nitrogens with one attached hydrogen (secondary N) is 2. The zero-order valence-electron chi connectivity index (χ0n) is 24.4. The highest BCUT2D eigenvalue weighted by atomic mass is 35.5. The molecule has 0 aliphatic heterocycles. The first-order chi connectivity index (χ1) is 22.2. The minimum absolute atomic E-state index is 0.607. The molecule has 0 bridgehead atoms. The Morgan fingerprint density at radius 3 is 0.956 bits per heavy atom. The average Bonchev–Trinajstić information content (AvgIpc) is 3.10. The van der Waals surface area contributed by atoms with Crippen molar-refractivity contribution in [2.75, 3.05) is 10.6 Å². The Bertz CT molecular complexity index is 1790. The first-order valence-corrected chi connectivity index (χ1v) is 15.1. The molecule has 7 aromatic rings. The van der Waals surface area contributed by atoms with E-state index in [0.29, 0.717) is 5.02 Å². The molecule has 0 unspecified atom stereocenters. The molecule has 5 heteroatoms. The van der Waals surface area contributed by atoms with E-state index in [9.17, 15) is 0 Å². The fraction of sp³-hybridized carbons (Fsp3) is 0. The highest BCUT2D eigenvalue weighted by Crippen LogP contribution is 2.41. The summed E-state index contributed by atoms with van der Waals surface area (Å²) < 4.78 is 0. The molecular formula is C40H29ClN4. The molecule has 0 atom stereocenters. The van der Waals surface area contributed by atoms with Crippen LogP contribution < -0.4 is 10.6 Å². The van der Waals surface area contributed by atoms with Crippen LogP contribution in [0.15, 0.2) is 164 Å². The van der Waals surface area contributed by atoms with Crippen LogP contribution in [0.2, 0.25) is 5.02 Å². The smallest absolute Gasteiger partial charge is 0.0574 e. The van der Waals surface area contributed by atoms with Crippen LogP contribution >= 0.6 is 11.6 Å². The number of pyridine rings is 2. The maximum atomic E-state index is 6.80. The van der Waals surface area contributed by atoms with E-state index in [-0.39, 0.29) is 0 Å². The third kappa shape index (κ3) is 6.19. The molecule has 7 rings (SSSR count). The molecule has 0 saturated carbocycles. The van der Waals surface area contributed by atoms with Gasteiger partial charge < -0.3 is 10.6 Å². The second-order valence-corrected chi connectivity index (χ2v) is 11.1. The molecule has 2 N–H and O–H groups in total. The Labute approximate surface area is 268 Å². The molecule has 5 aromatic carbocycles. The van der Waals surface area contributed by atoms with E-state index in [1.54, 1.807) is 0 Å². The average molecular weight is 601 g/mol. The highest BCUT2D eigenvalue weighted by Gasteiger charge is 2.16. The predicted molar refractivity (Wildman–Crippen MR) is 188 cm³/mol. The molecule has 0 fully saturated rings. The summed E-state index contributed by atoms with van der Waals surface area (Å²) in [6.07, 6.45) is 7.62. The maximum absolute atomic E-state index is 6.80. The summed E-state index contributed by atoms with van der Waals surface area (Å²) in [5.74, 6) is 0. The van der Waals surface area contributed by atoms with Gasteiger partial charge in [-0.05, 0) is 40.5 Å². The molecule has 216 valence electrons. The van der Waals surface area contributed by atoms with Crippen LogP contribution in [0.3, 0.4) is 0 Å². The molecule has 0 spiro atoms. The van der Waals surface area contributed by atoms with Crippen LogP contribution in [0.1, 0.15) is 0 Å². The van der Waals surface area contributed by atoms with Gasteiger partial charge in [0.25, 0.3) is 0 Å². The standard InChI is InChI=1S/C40H29ClN4/c41-32-21-33(44-39-35(28-13-5-1-6-14-28)24-42-25-36(39)29-15-7-2-8-16-29)23-34(22-32)45-40-37(30-17-9-3-10-18-30)26-43-27-38(40)31-19-11-4-12-20-31/h1-27H,(H,42,44)(H,43,45).